The molecule has 1 heterocycles. The molecule has 0 aliphatic carbocycles. The minimum absolute atomic E-state index is 0.0236. The molecule has 1 N–H and O–H groups in total. The number of likely N-dealkylation sites (tertiary alicyclic amines) is 1. The lowest BCUT2D eigenvalue weighted by atomic mass is 10.0. The Balaban J connectivity index is 1.71. The van der Waals surface area contributed by atoms with Crippen molar-refractivity contribution in [3.63, 3.8) is 0 Å². The first-order chi connectivity index (χ1) is 15.8. The topological polar surface area (TPSA) is 94.2 Å². The number of carbonyl (C=O) groups excluding carboxylic acids is 3. The Bertz CT molecular complexity index is 1040. The molecule has 8 heteroatoms. The van der Waals surface area contributed by atoms with E-state index in [0.717, 1.165) is 31.4 Å². The van der Waals surface area contributed by atoms with E-state index in [-0.39, 0.29) is 24.5 Å². The molecule has 1 aliphatic heterocycles. The Morgan fingerprint density at radius 2 is 1.79 bits per heavy atom. The number of anilines is 1. The number of rotatable bonds is 7. The number of nitrogens with one attached hydrogen (secondary N) is 1. The highest BCUT2D eigenvalue weighted by molar-refractivity contribution is 6.05. The number of nitrogens with zero attached hydrogens (tertiary/aromatic N) is 1. The molecule has 2 aromatic rings. The molecule has 3 rings (SSSR count). The molecule has 33 heavy (non-hydrogen) atoms. The second kappa shape index (κ2) is 10.8. The van der Waals surface area contributed by atoms with Gasteiger partial charge in [-0.1, -0.05) is 0 Å². The van der Waals surface area contributed by atoms with Gasteiger partial charge in [-0.15, -0.1) is 0 Å². The van der Waals surface area contributed by atoms with Crippen LogP contribution >= 0.6 is 0 Å². The minimum atomic E-state index is -0.522. The third kappa shape index (κ3) is 5.83. The lowest BCUT2D eigenvalue weighted by Crippen LogP contribution is -2.42. The summed E-state index contributed by atoms with van der Waals surface area (Å²) in [7, 11) is 2.72. The first kappa shape index (κ1) is 24.1. The summed E-state index contributed by atoms with van der Waals surface area (Å²) in [5, 5.41) is 2.88. The van der Waals surface area contributed by atoms with Crippen LogP contribution in [0.5, 0.6) is 11.5 Å². The van der Waals surface area contributed by atoms with Crippen molar-refractivity contribution < 1.29 is 28.6 Å². The molecule has 2 aromatic carbocycles. The predicted molar refractivity (Wildman–Crippen MR) is 124 cm³/mol. The number of benzene rings is 2. The van der Waals surface area contributed by atoms with Gasteiger partial charge in [-0.2, -0.15) is 0 Å². The summed E-state index contributed by atoms with van der Waals surface area (Å²) in [6, 6.07) is 10.2. The fourth-order valence-electron chi connectivity index (χ4n) is 3.82. The molecule has 1 aliphatic rings. The van der Waals surface area contributed by atoms with E-state index < -0.39 is 5.97 Å². The maximum absolute atomic E-state index is 12.9. The molecule has 1 unspecified atom stereocenters. The van der Waals surface area contributed by atoms with Gasteiger partial charge in [0.05, 0.1) is 14.2 Å². The highest BCUT2D eigenvalue weighted by atomic mass is 16.6. The van der Waals surface area contributed by atoms with E-state index in [4.69, 9.17) is 9.47 Å². The molecule has 1 saturated heterocycles. The van der Waals surface area contributed by atoms with E-state index in [1.54, 1.807) is 24.3 Å². The van der Waals surface area contributed by atoms with Crippen LogP contribution in [0.25, 0.3) is 0 Å². The minimum Gasteiger partial charge on any atom is -0.493 e. The Labute approximate surface area is 193 Å². The molecule has 1 atom stereocenters. The van der Waals surface area contributed by atoms with Crippen molar-refractivity contribution in [2.45, 2.75) is 39.2 Å². The van der Waals surface area contributed by atoms with E-state index in [0.29, 0.717) is 28.3 Å². The number of methoxy groups -OCH3 is 2. The maximum Gasteiger partial charge on any atom is 0.343 e. The summed E-state index contributed by atoms with van der Waals surface area (Å²) in [4.78, 5) is 38.9. The number of hydrogen-bond acceptors (Lipinski definition) is 6. The van der Waals surface area contributed by atoms with Crippen LogP contribution in [0.15, 0.2) is 36.4 Å². The summed E-state index contributed by atoms with van der Waals surface area (Å²) in [6.45, 7) is 4.45. The zero-order valence-corrected chi connectivity index (χ0v) is 19.5. The van der Waals surface area contributed by atoms with Gasteiger partial charge in [0.25, 0.3) is 11.8 Å². The Morgan fingerprint density at radius 3 is 2.45 bits per heavy atom. The van der Waals surface area contributed by atoms with Gasteiger partial charge in [-0.05, 0) is 75.1 Å². The van der Waals surface area contributed by atoms with Crippen molar-refractivity contribution in [1.82, 2.24) is 4.90 Å². The summed E-state index contributed by atoms with van der Waals surface area (Å²) < 4.78 is 15.2. The van der Waals surface area contributed by atoms with Crippen LogP contribution in [-0.2, 0) is 9.53 Å². The van der Waals surface area contributed by atoms with Crippen molar-refractivity contribution in [3.05, 3.63) is 53.1 Å². The van der Waals surface area contributed by atoms with Crippen LogP contribution in [0, 0.1) is 6.92 Å². The van der Waals surface area contributed by atoms with Crippen molar-refractivity contribution in [2.24, 2.45) is 0 Å². The second-order valence-corrected chi connectivity index (χ2v) is 8.06. The van der Waals surface area contributed by atoms with Gasteiger partial charge < -0.3 is 24.4 Å². The number of amides is 2. The zero-order chi connectivity index (χ0) is 24.0. The standard InChI is InChI=1S/C25H30N2O6/c1-16-13-19(25(30)27-12-6-5-7-17(27)2)8-10-20(16)26-24(29)18-9-11-21(22(14-18)31-3)33-15-23(28)32-4/h8-11,13-14,17H,5-7,12,15H2,1-4H3,(H,26,29). The number of hydrogen-bond donors (Lipinski definition) is 1. The number of esters is 1. The van der Waals surface area contributed by atoms with Crippen LogP contribution in [0.1, 0.15) is 52.5 Å². The van der Waals surface area contributed by atoms with Crippen molar-refractivity contribution in [3.8, 4) is 11.5 Å². The Morgan fingerprint density at radius 1 is 1.03 bits per heavy atom. The van der Waals surface area contributed by atoms with Gasteiger partial charge in [0.2, 0.25) is 0 Å². The smallest absolute Gasteiger partial charge is 0.343 e. The quantitative estimate of drug-likeness (QED) is 0.639. The van der Waals surface area contributed by atoms with E-state index >= 15 is 0 Å². The lowest BCUT2D eigenvalue weighted by Gasteiger charge is -2.33. The van der Waals surface area contributed by atoms with Crippen LogP contribution in [0.4, 0.5) is 5.69 Å². The molecule has 0 radical (unpaired) electrons. The lowest BCUT2D eigenvalue weighted by molar-refractivity contribution is -0.142. The monoisotopic (exact) mass is 454 g/mol. The van der Waals surface area contributed by atoms with E-state index in [1.165, 1.54) is 20.3 Å². The molecular formula is C25H30N2O6. The molecule has 176 valence electrons. The summed E-state index contributed by atoms with van der Waals surface area (Å²) in [5.74, 6) is -0.188. The average molecular weight is 455 g/mol. The second-order valence-electron chi connectivity index (χ2n) is 8.06. The first-order valence-corrected chi connectivity index (χ1v) is 10.9. The van der Waals surface area contributed by atoms with E-state index in [2.05, 4.69) is 17.0 Å². The van der Waals surface area contributed by atoms with Crippen molar-refractivity contribution >= 4 is 23.5 Å². The van der Waals surface area contributed by atoms with Gasteiger partial charge in [-0.25, -0.2) is 4.79 Å². The molecule has 0 saturated carbocycles. The normalized spacial score (nSPS) is 15.5. The van der Waals surface area contributed by atoms with Crippen LogP contribution in [-0.4, -0.2) is 56.1 Å². The van der Waals surface area contributed by atoms with E-state index in [9.17, 15) is 14.4 Å². The van der Waals surface area contributed by atoms with Gasteiger partial charge in [0.15, 0.2) is 18.1 Å². The highest BCUT2D eigenvalue weighted by Gasteiger charge is 2.24. The third-order valence-electron chi connectivity index (χ3n) is 5.78. The molecular weight excluding hydrogens is 424 g/mol. The zero-order valence-electron chi connectivity index (χ0n) is 19.5. The molecule has 2 amide bonds. The summed E-state index contributed by atoms with van der Waals surface area (Å²) >= 11 is 0. The van der Waals surface area contributed by atoms with Gasteiger partial charge in [0.1, 0.15) is 0 Å². The van der Waals surface area contributed by atoms with E-state index in [1.807, 2.05) is 17.9 Å². The first-order valence-electron chi connectivity index (χ1n) is 10.9. The highest BCUT2D eigenvalue weighted by Crippen LogP contribution is 2.29. The number of piperidine rings is 1. The van der Waals surface area contributed by atoms with Crippen molar-refractivity contribution in [1.29, 1.82) is 0 Å². The molecule has 0 aromatic heterocycles. The Kier molecular flexibility index (Phi) is 7.92. The van der Waals surface area contributed by atoms with Gasteiger partial charge in [-0.3, -0.25) is 9.59 Å². The molecule has 8 nitrogen and oxygen atoms in total. The number of carbonyl (C=O) groups is 3. The molecule has 1 fully saturated rings. The SMILES string of the molecule is COC(=O)COc1ccc(C(=O)Nc2ccc(C(=O)N3CCCCC3C)cc2C)cc1OC. The average Bonchev–Trinajstić information content (AvgIpc) is 2.83. The van der Waals surface area contributed by atoms with Gasteiger partial charge in [0, 0.05) is 29.4 Å². The fraction of sp³-hybridized carbons (Fsp3) is 0.400. The van der Waals surface area contributed by atoms with Crippen LogP contribution in [0.3, 0.4) is 0 Å². The summed E-state index contributed by atoms with van der Waals surface area (Å²) in [5.41, 5.74) is 2.39. The number of ether oxygens (including phenoxy) is 3. The predicted octanol–water partition coefficient (Wildman–Crippen LogP) is 3.82. The van der Waals surface area contributed by atoms with Crippen LogP contribution in [0.2, 0.25) is 0 Å². The number of aryl methyl sites for hydroxylation is 1. The summed E-state index contributed by atoms with van der Waals surface area (Å²) in [6.07, 6.45) is 3.20. The largest absolute Gasteiger partial charge is 0.493 e. The van der Waals surface area contributed by atoms with Gasteiger partial charge >= 0.3 is 5.97 Å². The fourth-order valence-corrected chi connectivity index (χ4v) is 3.82. The third-order valence-corrected chi connectivity index (χ3v) is 5.78. The maximum atomic E-state index is 12.9. The van der Waals surface area contributed by atoms with Crippen LogP contribution < -0.4 is 14.8 Å². The van der Waals surface area contributed by atoms with Crippen molar-refractivity contribution in [2.75, 3.05) is 32.7 Å². The Hall–Kier alpha value is -3.55. The molecule has 0 bridgehead atoms. The molecule has 0 spiro atoms.